The van der Waals surface area contributed by atoms with E-state index in [0.717, 1.165) is 11.8 Å². The number of anilines is 3. The highest BCUT2D eigenvalue weighted by molar-refractivity contribution is 5.99. The van der Waals surface area contributed by atoms with Crippen LogP contribution in [0.5, 0.6) is 0 Å². The van der Waals surface area contributed by atoms with Crippen LogP contribution in [0.4, 0.5) is 30.6 Å². The van der Waals surface area contributed by atoms with Crippen LogP contribution in [0.2, 0.25) is 0 Å². The Kier molecular flexibility index (Phi) is 5.66. The number of halogens is 2. The molecule has 0 radical (unpaired) electrons. The maximum Gasteiger partial charge on any atom is 0.323 e. The molecule has 0 saturated carbocycles. The van der Waals surface area contributed by atoms with Gasteiger partial charge in [-0.05, 0) is 48.9 Å². The Hall–Kier alpha value is -3.41. The van der Waals surface area contributed by atoms with E-state index >= 15 is 0 Å². The molecule has 0 aliphatic heterocycles. The summed E-state index contributed by atoms with van der Waals surface area (Å²) < 4.78 is 26.5. The van der Waals surface area contributed by atoms with Crippen molar-refractivity contribution < 1.29 is 13.6 Å². The van der Waals surface area contributed by atoms with Gasteiger partial charge in [0, 0.05) is 23.5 Å². The van der Waals surface area contributed by atoms with E-state index in [-0.39, 0.29) is 11.7 Å². The summed E-state index contributed by atoms with van der Waals surface area (Å²) in [5, 5.41) is 8.33. The topological polar surface area (TPSA) is 53.2 Å². The largest absolute Gasteiger partial charge is 0.379 e. The quantitative estimate of drug-likeness (QED) is 0.535. The molecule has 4 nitrogen and oxygen atoms in total. The second-order valence-corrected chi connectivity index (χ2v) is 6.06. The van der Waals surface area contributed by atoms with Crippen molar-refractivity contribution in [1.29, 1.82) is 0 Å². The van der Waals surface area contributed by atoms with Crippen molar-refractivity contribution in [1.82, 2.24) is 0 Å². The monoisotopic (exact) mass is 367 g/mol. The molecule has 27 heavy (non-hydrogen) atoms. The third-order valence-corrected chi connectivity index (χ3v) is 4.00. The third kappa shape index (κ3) is 5.04. The third-order valence-electron chi connectivity index (χ3n) is 4.00. The lowest BCUT2D eigenvalue weighted by atomic mass is 10.1. The van der Waals surface area contributed by atoms with Crippen LogP contribution in [-0.4, -0.2) is 6.03 Å². The molecule has 3 aromatic carbocycles. The molecule has 0 aliphatic carbocycles. The van der Waals surface area contributed by atoms with E-state index in [1.54, 1.807) is 12.1 Å². The van der Waals surface area contributed by atoms with Crippen molar-refractivity contribution in [2.75, 3.05) is 16.0 Å². The second-order valence-electron chi connectivity index (χ2n) is 6.06. The molecule has 0 fully saturated rings. The van der Waals surface area contributed by atoms with Crippen LogP contribution in [0.1, 0.15) is 18.5 Å². The first kappa shape index (κ1) is 18.4. The molecular weight excluding hydrogens is 348 g/mol. The SMILES string of the molecule is CC(Nc1ccc(NC(=O)Nc2ccc(F)cc2F)cc1)c1ccccc1. The predicted octanol–water partition coefficient (Wildman–Crippen LogP) is 5.78. The van der Waals surface area contributed by atoms with Crippen LogP contribution < -0.4 is 16.0 Å². The Morgan fingerprint density at radius 2 is 1.52 bits per heavy atom. The van der Waals surface area contributed by atoms with Crippen LogP contribution >= 0.6 is 0 Å². The predicted molar refractivity (Wildman–Crippen MR) is 104 cm³/mol. The van der Waals surface area contributed by atoms with Gasteiger partial charge in [0.25, 0.3) is 0 Å². The minimum atomic E-state index is -0.834. The van der Waals surface area contributed by atoms with Gasteiger partial charge < -0.3 is 16.0 Å². The molecule has 1 atom stereocenters. The first-order valence-corrected chi connectivity index (χ1v) is 8.46. The highest BCUT2D eigenvalue weighted by Gasteiger charge is 2.09. The number of hydrogen-bond acceptors (Lipinski definition) is 2. The fourth-order valence-corrected chi connectivity index (χ4v) is 2.60. The molecule has 3 N–H and O–H groups in total. The Bertz CT molecular complexity index is 914. The second kappa shape index (κ2) is 8.31. The van der Waals surface area contributed by atoms with Crippen molar-refractivity contribution in [3.8, 4) is 0 Å². The standard InChI is InChI=1S/C21H19F2N3O/c1-14(15-5-3-2-4-6-15)24-17-8-10-18(11-9-17)25-21(27)26-20-12-7-16(22)13-19(20)23/h2-14,24H,1H3,(H2,25,26,27). The van der Waals surface area contributed by atoms with Crippen molar-refractivity contribution in [3.63, 3.8) is 0 Å². The Morgan fingerprint density at radius 1 is 0.852 bits per heavy atom. The van der Waals surface area contributed by atoms with Crippen molar-refractivity contribution in [2.45, 2.75) is 13.0 Å². The van der Waals surface area contributed by atoms with Gasteiger partial charge in [-0.1, -0.05) is 30.3 Å². The smallest absolute Gasteiger partial charge is 0.323 e. The highest BCUT2D eigenvalue weighted by atomic mass is 19.1. The maximum atomic E-state index is 13.6. The number of benzene rings is 3. The van der Waals surface area contributed by atoms with Crippen molar-refractivity contribution in [3.05, 3.63) is 90.0 Å². The lowest BCUT2D eigenvalue weighted by Gasteiger charge is -2.16. The fraction of sp³-hybridized carbons (Fsp3) is 0.0952. The van der Waals surface area contributed by atoms with Gasteiger partial charge in [0.05, 0.1) is 5.69 Å². The van der Waals surface area contributed by atoms with Crippen LogP contribution in [0.25, 0.3) is 0 Å². The van der Waals surface area contributed by atoms with Crippen LogP contribution in [0.15, 0.2) is 72.8 Å². The molecular formula is C21H19F2N3O. The average Bonchev–Trinajstić information content (AvgIpc) is 2.66. The molecule has 138 valence electrons. The molecule has 0 aromatic heterocycles. The Labute approximate surface area is 156 Å². The van der Waals surface area contributed by atoms with E-state index in [9.17, 15) is 13.6 Å². The number of hydrogen-bond donors (Lipinski definition) is 3. The first-order valence-electron chi connectivity index (χ1n) is 8.46. The molecule has 0 aliphatic rings. The summed E-state index contributed by atoms with van der Waals surface area (Å²) in [6.07, 6.45) is 0. The minimum Gasteiger partial charge on any atom is -0.379 e. The summed E-state index contributed by atoms with van der Waals surface area (Å²) in [6, 6.07) is 19.7. The maximum absolute atomic E-state index is 13.6. The highest BCUT2D eigenvalue weighted by Crippen LogP contribution is 2.21. The fourth-order valence-electron chi connectivity index (χ4n) is 2.60. The molecule has 2 amide bonds. The van der Waals surface area contributed by atoms with Gasteiger partial charge in [0.1, 0.15) is 11.6 Å². The van der Waals surface area contributed by atoms with Crippen molar-refractivity contribution >= 4 is 23.1 Å². The van der Waals surface area contributed by atoms with Gasteiger partial charge in [-0.2, -0.15) is 0 Å². The van der Waals surface area contributed by atoms with E-state index in [1.807, 2.05) is 42.5 Å². The van der Waals surface area contributed by atoms with E-state index < -0.39 is 17.7 Å². The lowest BCUT2D eigenvalue weighted by Crippen LogP contribution is -2.20. The van der Waals surface area contributed by atoms with Crippen LogP contribution in [0.3, 0.4) is 0 Å². The number of nitrogens with one attached hydrogen (secondary N) is 3. The van der Waals surface area contributed by atoms with Gasteiger partial charge in [-0.25, -0.2) is 13.6 Å². The number of rotatable bonds is 5. The van der Waals surface area contributed by atoms with E-state index in [4.69, 9.17) is 0 Å². The number of amides is 2. The van der Waals surface area contributed by atoms with Crippen LogP contribution in [-0.2, 0) is 0 Å². The molecule has 3 rings (SSSR count). The molecule has 0 saturated heterocycles. The van der Waals surface area contributed by atoms with Gasteiger partial charge in [0.15, 0.2) is 0 Å². The summed E-state index contributed by atoms with van der Waals surface area (Å²) in [6.45, 7) is 2.06. The van der Waals surface area contributed by atoms with E-state index in [2.05, 4.69) is 22.9 Å². The molecule has 0 spiro atoms. The summed E-state index contributed by atoms with van der Waals surface area (Å²) in [5.74, 6) is -1.54. The minimum absolute atomic E-state index is 0.0936. The summed E-state index contributed by atoms with van der Waals surface area (Å²) in [5.41, 5.74) is 2.53. The molecule has 0 bridgehead atoms. The number of urea groups is 1. The zero-order valence-corrected chi connectivity index (χ0v) is 14.7. The number of carbonyl (C=O) groups excluding carboxylic acids is 1. The van der Waals surface area contributed by atoms with Gasteiger partial charge >= 0.3 is 6.03 Å². The Balaban J connectivity index is 1.58. The van der Waals surface area contributed by atoms with Gasteiger partial charge in [-0.3, -0.25) is 0 Å². The zero-order valence-electron chi connectivity index (χ0n) is 14.7. The normalized spacial score (nSPS) is 11.5. The van der Waals surface area contributed by atoms with Gasteiger partial charge in [0.2, 0.25) is 0 Å². The molecule has 3 aromatic rings. The summed E-state index contributed by atoms with van der Waals surface area (Å²) >= 11 is 0. The Morgan fingerprint density at radius 3 is 2.19 bits per heavy atom. The van der Waals surface area contributed by atoms with Crippen LogP contribution in [0, 0.1) is 11.6 Å². The average molecular weight is 367 g/mol. The first-order chi connectivity index (χ1) is 13.0. The van der Waals surface area contributed by atoms with Crippen molar-refractivity contribution in [2.24, 2.45) is 0 Å². The summed E-state index contributed by atoms with van der Waals surface area (Å²) in [4.78, 5) is 12.0. The molecule has 1 unspecified atom stereocenters. The molecule has 6 heteroatoms. The van der Waals surface area contributed by atoms with Gasteiger partial charge in [-0.15, -0.1) is 0 Å². The van der Waals surface area contributed by atoms with E-state index in [1.165, 1.54) is 11.6 Å². The van der Waals surface area contributed by atoms with E-state index in [0.29, 0.717) is 11.8 Å². The lowest BCUT2D eigenvalue weighted by molar-refractivity contribution is 0.262. The zero-order chi connectivity index (χ0) is 19.2. The summed E-state index contributed by atoms with van der Waals surface area (Å²) in [7, 11) is 0. The number of carbonyl (C=O) groups is 1. The molecule has 0 heterocycles.